The van der Waals surface area contributed by atoms with Crippen molar-refractivity contribution in [3.05, 3.63) is 126 Å². The molecule has 3 aromatic carbocycles. The lowest BCUT2D eigenvalue weighted by Crippen LogP contribution is -2.29. The molecule has 1 atom stereocenters. The summed E-state index contributed by atoms with van der Waals surface area (Å²) in [6.45, 7) is 3.31. The van der Waals surface area contributed by atoms with Crippen LogP contribution in [0, 0.1) is 0 Å². The second-order valence-electron chi connectivity index (χ2n) is 10.1. The molecule has 0 fully saturated rings. The van der Waals surface area contributed by atoms with E-state index in [1.807, 2.05) is 48.5 Å². The van der Waals surface area contributed by atoms with E-state index >= 15 is 0 Å². The van der Waals surface area contributed by atoms with Crippen LogP contribution in [0.25, 0.3) is 22.6 Å². The van der Waals surface area contributed by atoms with Crippen LogP contribution < -0.4 is 4.74 Å². The molecular weight excluding hydrogens is 530 g/mol. The third kappa shape index (κ3) is 7.18. The lowest BCUT2D eigenvalue weighted by Gasteiger charge is -2.29. The first-order valence-electron chi connectivity index (χ1n) is 14.1. The van der Waals surface area contributed by atoms with Crippen LogP contribution in [0.1, 0.15) is 29.7 Å². The number of carbonyl (C=O) groups is 1. The molecule has 0 amide bonds. The van der Waals surface area contributed by atoms with E-state index in [2.05, 4.69) is 60.5 Å². The van der Waals surface area contributed by atoms with Gasteiger partial charge in [0.05, 0.1) is 18.6 Å². The Morgan fingerprint density at radius 2 is 1.36 bits per heavy atom. The Hall–Kier alpha value is -4.59. The van der Waals surface area contributed by atoms with E-state index in [9.17, 15) is 9.90 Å². The highest BCUT2D eigenvalue weighted by Crippen LogP contribution is 2.31. The predicted molar refractivity (Wildman–Crippen MR) is 161 cm³/mol. The lowest BCUT2D eigenvalue weighted by atomic mass is 9.95. The van der Waals surface area contributed by atoms with Gasteiger partial charge in [-0.25, -0.2) is 4.79 Å². The van der Waals surface area contributed by atoms with Gasteiger partial charge < -0.3 is 23.4 Å². The van der Waals surface area contributed by atoms with Crippen molar-refractivity contribution in [1.29, 1.82) is 0 Å². The smallest absolute Gasteiger partial charge is 0.333 e. The molecule has 1 N–H and O–H groups in total. The van der Waals surface area contributed by atoms with E-state index in [-0.39, 0.29) is 6.04 Å². The number of carboxylic acid groups (broad SMARTS) is 1. The molecule has 5 rings (SSSR count). The van der Waals surface area contributed by atoms with Crippen molar-refractivity contribution in [3.8, 4) is 28.4 Å². The molecule has 0 bridgehead atoms. The van der Waals surface area contributed by atoms with Gasteiger partial charge in [0, 0.05) is 30.7 Å². The minimum absolute atomic E-state index is 0.00112. The van der Waals surface area contributed by atoms with Crippen LogP contribution in [-0.4, -0.2) is 48.9 Å². The van der Waals surface area contributed by atoms with Gasteiger partial charge >= 0.3 is 5.97 Å². The molecule has 0 spiro atoms. The van der Waals surface area contributed by atoms with Crippen LogP contribution in [0.3, 0.4) is 0 Å². The molecule has 0 aliphatic carbocycles. The van der Waals surface area contributed by atoms with Gasteiger partial charge in [-0.05, 0) is 67.1 Å². The first-order valence-corrected chi connectivity index (χ1v) is 14.1. The average molecular weight is 566 g/mol. The van der Waals surface area contributed by atoms with Crippen LogP contribution in [-0.2, 0) is 16.0 Å². The van der Waals surface area contributed by atoms with Crippen LogP contribution in [0.4, 0.5) is 0 Å². The predicted octanol–water partition coefficient (Wildman–Crippen LogP) is 7.34. The Labute approximate surface area is 245 Å². The van der Waals surface area contributed by atoms with E-state index in [1.165, 1.54) is 0 Å². The summed E-state index contributed by atoms with van der Waals surface area (Å²) in [6, 6.07) is 32.1. The first-order chi connectivity index (χ1) is 20.5. The fraction of sp³-hybridized carbons (Fsp3) is 0.229. The number of likely N-dealkylation sites (N-methyl/N-ethyl adjacent to an activating group) is 1. The molecular formula is C35H35NO6. The Balaban J connectivity index is 1.27. The molecule has 7 nitrogen and oxygen atoms in total. The monoisotopic (exact) mass is 565 g/mol. The van der Waals surface area contributed by atoms with Gasteiger partial charge in [-0.3, -0.25) is 4.90 Å². The minimum atomic E-state index is -0.957. The normalized spacial score (nSPS) is 12.1. The molecule has 0 aliphatic rings. The SMILES string of the molecule is CCO[C@@H](Cc1ccc(OCCN(C)C(c2ccc(-c3ccco3)cc2)c2ccc(-c3ccco3)cc2)cc1)C(=O)O. The number of aliphatic carboxylic acids is 1. The highest BCUT2D eigenvalue weighted by Gasteiger charge is 2.21. The number of rotatable bonds is 14. The van der Waals surface area contributed by atoms with Gasteiger partial charge in [-0.2, -0.15) is 0 Å². The molecule has 0 radical (unpaired) electrons. The van der Waals surface area contributed by atoms with Gasteiger partial charge in [0.1, 0.15) is 23.9 Å². The van der Waals surface area contributed by atoms with E-state index in [0.717, 1.165) is 45.1 Å². The van der Waals surface area contributed by atoms with Crippen LogP contribution in [0.15, 0.2) is 118 Å². The van der Waals surface area contributed by atoms with E-state index < -0.39 is 12.1 Å². The average Bonchev–Trinajstić information content (AvgIpc) is 3.74. The van der Waals surface area contributed by atoms with Crippen molar-refractivity contribution in [3.63, 3.8) is 0 Å². The number of benzene rings is 3. The molecule has 7 heteroatoms. The molecule has 5 aromatic rings. The van der Waals surface area contributed by atoms with Crippen molar-refractivity contribution < 1.29 is 28.2 Å². The van der Waals surface area contributed by atoms with Crippen molar-refractivity contribution >= 4 is 5.97 Å². The Morgan fingerprint density at radius 1 is 0.810 bits per heavy atom. The van der Waals surface area contributed by atoms with Crippen molar-refractivity contribution in [2.24, 2.45) is 0 Å². The molecule has 0 saturated heterocycles. The van der Waals surface area contributed by atoms with Gasteiger partial charge in [0.15, 0.2) is 6.10 Å². The summed E-state index contributed by atoms with van der Waals surface area (Å²) in [6.07, 6.45) is 2.82. The Morgan fingerprint density at radius 3 is 1.81 bits per heavy atom. The van der Waals surface area contributed by atoms with E-state index in [4.69, 9.17) is 18.3 Å². The fourth-order valence-electron chi connectivity index (χ4n) is 5.04. The number of nitrogens with zero attached hydrogens (tertiary/aromatic N) is 1. The second kappa shape index (κ2) is 13.9. The minimum Gasteiger partial charge on any atom is -0.492 e. The number of hydrogen-bond acceptors (Lipinski definition) is 6. The van der Waals surface area contributed by atoms with Crippen molar-refractivity contribution in [1.82, 2.24) is 4.90 Å². The highest BCUT2D eigenvalue weighted by atomic mass is 16.5. The van der Waals surface area contributed by atoms with Gasteiger partial charge in [-0.1, -0.05) is 60.7 Å². The molecule has 0 unspecified atom stereocenters. The summed E-state index contributed by atoms with van der Waals surface area (Å²) < 4.78 is 22.6. The third-order valence-electron chi connectivity index (χ3n) is 7.21. The topological polar surface area (TPSA) is 85.3 Å². The number of ether oxygens (including phenoxy) is 2. The summed E-state index contributed by atoms with van der Waals surface area (Å²) >= 11 is 0. The largest absolute Gasteiger partial charge is 0.492 e. The van der Waals surface area contributed by atoms with Gasteiger partial charge in [-0.15, -0.1) is 0 Å². The fourth-order valence-corrected chi connectivity index (χ4v) is 5.04. The zero-order valence-corrected chi connectivity index (χ0v) is 23.8. The summed E-state index contributed by atoms with van der Waals surface area (Å²) in [4.78, 5) is 13.7. The maximum Gasteiger partial charge on any atom is 0.333 e. The van der Waals surface area contributed by atoms with Crippen LogP contribution in [0.5, 0.6) is 5.75 Å². The molecule has 0 saturated carbocycles. The first kappa shape index (κ1) is 28.9. The van der Waals surface area contributed by atoms with E-state index in [1.54, 1.807) is 19.5 Å². The van der Waals surface area contributed by atoms with Crippen molar-refractivity contribution in [2.75, 3.05) is 26.8 Å². The summed E-state index contributed by atoms with van der Waals surface area (Å²) in [5.41, 5.74) is 5.26. The van der Waals surface area contributed by atoms with Gasteiger partial charge in [0.25, 0.3) is 0 Å². The molecule has 2 aromatic heterocycles. The molecule has 216 valence electrons. The van der Waals surface area contributed by atoms with Gasteiger partial charge in [0.2, 0.25) is 0 Å². The standard InChI is InChI=1S/C35H35NO6/c1-3-39-33(35(37)38)24-25-8-18-30(19-9-25)40-23-20-36(2)34(28-14-10-26(11-15-28)31-6-4-21-41-31)29-16-12-27(13-17-29)32-7-5-22-42-32/h4-19,21-22,33-34H,3,20,23-24H2,1-2H3,(H,37,38)/t33-/m0/s1. The molecule has 42 heavy (non-hydrogen) atoms. The number of carboxylic acids is 1. The van der Waals surface area contributed by atoms with Crippen LogP contribution in [0.2, 0.25) is 0 Å². The molecule has 2 heterocycles. The number of furan rings is 2. The van der Waals surface area contributed by atoms with E-state index in [0.29, 0.717) is 26.2 Å². The third-order valence-corrected chi connectivity index (χ3v) is 7.21. The molecule has 0 aliphatic heterocycles. The zero-order chi connectivity index (χ0) is 29.3. The summed E-state index contributed by atoms with van der Waals surface area (Å²) in [5, 5.41) is 9.35. The maximum atomic E-state index is 11.4. The Bertz CT molecular complexity index is 1430. The van der Waals surface area contributed by atoms with Crippen molar-refractivity contribution in [2.45, 2.75) is 25.5 Å². The zero-order valence-electron chi connectivity index (χ0n) is 23.8. The Kier molecular flexibility index (Phi) is 9.54. The quantitative estimate of drug-likeness (QED) is 0.151. The second-order valence-corrected chi connectivity index (χ2v) is 10.1. The lowest BCUT2D eigenvalue weighted by molar-refractivity contribution is -0.149. The summed E-state index contributed by atoms with van der Waals surface area (Å²) in [5.74, 6) is 1.45. The summed E-state index contributed by atoms with van der Waals surface area (Å²) in [7, 11) is 2.10. The maximum absolute atomic E-state index is 11.4. The highest BCUT2D eigenvalue weighted by molar-refractivity contribution is 5.72. The number of hydrogen-bond donors (Lipinski definition) is 1. The van der Waals surface area contributed by atoms with Crippen LogP contribution >= 0.6 is 0 Å².